The number of nitrogens with zero attached hydrogens (tertiary/aromatic N) is 4. The first-order chi connectivity index (χ1) is 12.3. The Balaban J connectivity index is 1.52. The molecular weight excluding hydrogens is 310 g/mol. The summed E-state index contributed by atoms with van der Waals surface area (Å²) in [5.74, 6) is 1.46. The summed E-state index contributed by atoms with van der Waals surface area (Å²) in [4.78, 5) is 8.91. The lowest BCUT2D eigenvalue weighted by Crippen LogP contribution is -2.19. The molecule has 0 amide bonds. The Morgan fingerprint density at radius 1 is 1.16 bits per heavy atom. The molecule has 0 radical (unpaired) electrons. The van der Waals surface area contributed by atoms with Crippen molar-refractivity contribution < 1.29 is 0 Å². The first-order valence-electron chi connectivity index (χ1n) is 8.74. The summed E-state index contributed by atoms with van der Waals surface area (Å²) in [6.07, 6.45) is 8.33. The van der Waals surface area contributed by atoms with E-state index >= 15 is 0 Å². The Kier molecular flexibility index (Phi) is 3.20. The van der Waals surface area contributed by atoms with Crippen LogP contribution in [0.3, 0.4) is 0 Å². The highest BCUT2D eigenvalue weighted by Gasteiger charge is 2.28. The average molecular weight is 329 g/mol. The molecule has 1 N–H and O–H groups in total. The molecule has 3 heterocycles. The topological polar surface area (TPSA) is 55.1 Å². The SMILES string of the molecule is C[C@@H](Nc1ncc2c(-c3ccc4ncccc4c3)ccn2n1)C1CC1. The summed E-state index contributed by atoms with van der Waals surface area (Å²) >= 11 is 0. The number of fused-ring (bicyclic) bond motifs is 2. The van der Waals surface area contributed by atoms with E-state index in [0.717, 1.165) is 33.5 Å². The maximum Gasteiger partial charge on any atom is 0.241 e. The van der Waals surface area contributed by atoms with Gasteiger partial charge in [-0.2, -0.15) is 0 Å². The molecule has 0 spiro atoms. The van der Waals surface area contributed by atoms with E-state index in [4.69, 9.17) is 0 Å². The van der Waals surface area contributed by atoms with E-state index in [1.807, 2.05) is 29.2 Å². The van der Waals surface area contributed by atoms with E-state index < -0.39 is 0 Å². The zero-order valence-corrected chi connectivity index (χ0v) is 14.1. The number of anilines is 1. The molecule has 3 aromatic heterocycles. The van der Waals surface area contributed by atoms with Crippen LogP contribution in [-0.4, -0.2) is 25.6 Å². The number of nitrogens with one attached hydrogen (secondary N) is 1. The van der Waals surface area contributed by atoms with E-state index in [1.165, 1.54) is 12.8 Å². The fourth-order valence-electron chi connectivity index (χ4n) is 3.37. The Morgan fingerprint density at radius 3 is 2.96 bits per heavy atom. The number of aromatic nitrogens is 4. The van der Waals surface area contributed by atoms with E-state index in [-0.39, 0.29) is 0 Å². The van der Waals surface area contributed by atoms with Gasteiger partial charge >= 0.3 is 0 Å². The lowest BCUT2D eigenvalue weighted by Gasteiger charge is -2.12. The highest BCUT2D eigenvalue weighted by atomic mass is 15.3. The van der Waals surface area contributed by atoms with Crippen molar-refractivity contribution in [3.8, 4) is 11.1 Å². The zero-order valence-electron chi connectivity index (χ0n) is 14.1. The molecule has 0 unspecified atom stereocenters. The van der Waals surface area contributed by atoms with Crippen LogP contribution in [0.25, 0.3) is 27.5 Å². The zero-order chi connectivity index (χ0) is 16.8. The maximum absolute atomic E-state index is 4.62. The highest BCUT2D eigenvalue weighted by Crippen LogP contribution is 2.33. The van der Waals surface area contributed by atoms with Gasteiger partial charge in [-0.1, -0.05) is 12.1 Å². The van der Waals surface area contributed by atoms with Gasteiger partial charge < -0.3 is 5.32 Å². The van der Waals surface area contributed by atoms with Gasteiger partial charge in [-0.3, -0.25) is 4.98 Å². The van der Waals surface area contributed by atoms with E-state index in [9.17, 15) is 0 Å². The third kappa shape index (κ3) is 2.61. The molecule has 1 aliphatic carbocycles. The van der Waals surface area contributed by atoms with Crippen LogP contribution < -0.4 is 5.32 Å². The van der Waals surface area contributed by atoms with Gasteiger partial charge in [0.1, 0.15) is 0 Å². The van der Waals surface area contributed by atoms with Crippen LogP contribution in [0.15, 0.2) is 55.0 Å². The lowest BCUT2D eigenvalue weighted by molar-refractivity contribution is 0.681. The first kappa shape index (κ1) is 14.4. The van der Waals surface area contributed by atoms with Gasteiger partial charge in [0.05, 0.1) is 17.2 Å². The highest BCUT2D eigenvalue weighted by molar-refractivity contribution is 5.88. The van der Waals surface area contributed by atoms with Crippen LogP contribution in [-0.2, 0) is 0 Å². The molecule has 1 aliphatic rings. The Morgan fingerprint density at radius 2 is 2.08 bits per heavy atom. The molecule has 0 aliphatic heterocycles. The minimum Gasteiger partial charge on any atom is -0.350 e. The molecule has 1 fully saturated rings. The Bertz CT molecular complexity index is 1060. The summed E-state index contributed by atoms with van der Waals surface area (Å²) in [5, 5.41) is 9.17. The smallest absolute Gasteiger partial charge is 0.241 e. The number of benzene rings is 1. The van der Waals surface area contributed by atoms with Crippen LogP contribution in [0.2, 0.25) is 0 Å². The molecule has 0 bridgehead atoms. The van der Waals surface area contributed by atoms with E-state index in [1.54, 1.807) is 0 Å². The van der Waals surface area contributed by atoms with Crippen molar-refractivity contribution >= 4 is 22.4 Å². The van der Waals surface area contributed by atoms with Gasteiger partial charge in [0.15, 0.2) is 0 Å². The summed E-state index contributed by atoms with van der Waals surface area (Å²) in [6.45, 7) is 2.20. The molecule has 0 saturated heterocycles. The van der Waals surface area contributed by atoms with Gasteiger partial charge in [0.25, 0.3) is 0 Å². The van der Waals surface area contributed by atoms with E-state index in [0.29, 0.717) is 12.0 Å². The summed E-state index contributed by atoms with van der Waals surface area (Å²) in [6, 6.07) is 12.9. The van der Waals surface area contributed by atoms with Gasteiger partial charge in [0, 0.05) is 29.4 Å². The molecule has 1 atom stereocenters. The number of rotatable bonds is 4. The van der Waals surface area contributed by atoms with Gasteiger partial charge in [-0.05, 0) is 55.5 Å². The average Bonchev–Trinajstić information content (AvgIpc) is 3.41. The fraction of sp³-hybridized carbons (Fsp3) is 0.250. The number of pyridine rings is 1. The van der Waals surface area contributed by atoms with Crippen molar-refractivity contribution in [3.05, 3.63) is 55.0 Å². The van der Waals surface area contributed by atoms with Crippen LogP contribution in [0, 0.1) is 5.92 Å². The molecule has 4 aromatic rings. The summed E-state index contributed by atoms with van der Waals surface area (Å²) < 4.78 is 1.90. The molecular formula is C20H19N5. The fourth-order valence-corrected chi connectivity index (χ4v) is 3.37. The van der Waals surface area contributed by atoms with Crippen molar-refractivity contribution in [1.82, 2.24) is 19.6 Å². The minimum atomic E-state index is 0.431. The summed E-state index contributed by atoms with van der Waals surface area (Å²) in [7, 11) is 0. The first-order valence-corrected chi connectivity index (χ1v) is 8.74. The number of hydrogen-bond acceptors (Lipinski definition) is 4. The van der Waals surface area contributed by atoms with Crippen molar-refractivity contribution in [2.24, 2.45) is 5.92 Å². The van der Waals surface area contributed by atoms with Crippen LogP contribution >= 0.6 is 0 Å². The van der Waals surface area contributed by atoms with Crippen molar-refractivity contribution in [2.75, 3.05) is 5.32 Å². The third-order valence-corrected chi connectivity index (χ3v) is 5.02. The Hall–Kier alpha value is -2.95. The largest absolute Gasteiger partial charge is 0.350 e. The molecule has 1 saturated carbocycles. The number of hydrogen-bond donors (Lipinski definition) is 1. The van der Waals surface area contributed by atoms with Crippen molar-refractivity contribution in [3.63, 3.8) is 0 Å². The molecule has 124 valence electrons. The predicted molar refractivity (Wildman–Crippen MR) is 99.5 cm³/mol. The minimum absolute atomic E-state index is 0.431. The van der Waals surface area contributed by atoms with Crippen LogP contribution in [0.1, 0.15) is 19.8 Å². The molecule has 5 rings (SSSR count). The maximum atomic E-state index is 4.62. The summed E-state index contributed by atoms with van der Waals surface area (Å²) in [5.41, 5.74) is 4.30. The normalized spacial score (nSPS) is 15.6. The van der Waals surface area contributed by atoms with Crippen molar-refractivity contribution in [2.45, 2.75) is 25.8 Å². The standard InChI is InChI=1S/C20H19N5/c1-13(14-4-5-14)23-20-22-12-19-17(8-10-25(19)24-20)15-6-7-18-16(11-15)3-2-9-21-18/h2-3,6-14H,4-5H2,1H3,(H,23,24)/t13-/m1/s1. The van der Waals surface area contributed by atoms with Gasteiger partial charge in [-0.25, -0.2) is 9.50 Å². The quantitative estimate of drug-likeness (QED) is 0.611. The monoisotopic (exact) mass is 329 g/mol. The molecule has 5 heteroatoms. The van der Waals surface area contributed by atoms with Crippen LogP contribution in [0.4, 0.5) is 5.95 Å². The third-order valence-electron chi connectivity index (χ3n) is 5.02. The van der Waals surface area contributed by atoms with Gasteiger partial charge in [0.2, 0.25) is 5.95 Å². The molecule has 5 nitrogen and oxygen atoms in total. The molecule has 1 aromatic carbocycles. The van der Waals surface area contributed by atoms with Crippen molar-refractivity contribution in [1.29, 1.82) is 0 Å². The lowest BCUT2D eigenvalue weighted by atomic mass is 10.0. The predicted octanol–water partition coefficient (Wildman–Crippen LogP) is 4.15. The van der Waals surface area contributed by atoms with Gasteiger partial charge in [-0.15, -0.1) is 5.10 Å². The second-order valence-corrected chi connectivity index (χ2v) is 6.82. The second kappa shape index (κ2) is 5.55. The van der Waals surface area contributed by atoms with E-state index in [2.05, 4.69) is 57.6 Å². The van der Waals surface area contributed by atoms with Crippen LogP contribution in [0.5, 0.6) is 0 Å². The Labute approximate surface area is 145 Å². The second-order valence-electron chi connectivity index (χ2n) is 6.82. The molecule has 25 heavy (non-hydrogen) atoms.